The van der Waals surface area contributed by atoms with Crippen molar-refractivity contribution in [3.05, 3.63) is 18.2 Å². The zero-order valence-electron chi connectivity index (χ0n) is 19.0. The molecule has 1 rings (SSSR count). The molecule has 0 aliphatic carbocycles. The summed E-state index contributed by atoms with van der Waals surface area (Å²) in [6.45, 7) is 4.85. The van der Waals surface area contributed by atoms with Crippen LogP contribution in [0.15, 0.2) is 12.5 Å². The smallest absolute Gasteiger partial charge is 0.237 e. The maximum Gasteiger partial charge on any atom is 0.237 e. The predicted molar refractivity (Wildman–Crippen MR) is 121 cm³/mol. The van der Waals surface area contributed by atoms with Crippen molar-refractivity contribution in [3.8, 4) is 0 Å². The molecule has 1 atom stereocenters. The average molecular weight is 440 g/mol. The van der Waals surface area contributed by atoms with Crippen LogP contribution in [0.4, 0.5) is 0 Å². The Morgan fingerprint density at radius 2 is 1.65 bits per heavy atom. The predicted octanol–water partition coefficient (Wildman–Crippen LogP) is 1.69. The van der Waals surface area contributed by atoms with Crippen LogP contribution < -0.4 is 16.4 Å². The molecule has 1 aromatic rings. The minimum atomic E-state index is -0.621. The minimum Gasteiger partial charge on any atom is -0.377 e. The average Bonchev–Trinajstić information content (AvgIpc) is 3.27. The minimum absolute atomic E-state index is 0.0925. The van der Waals surface area contributed by atoms with Crippen LogP contribution >= 0.6 is 0 Å². The van der Waals surface area contributed by atoms with Crippen molar-refractivity contribution in [2.75, 3.05) is 39.5 Å². The number of carbonyl (C=O) groups excluding carboxylic acids is 2. The Balaban J connectivity index is 1.82. The summed E-state index contributed by atoms with van der Waals surface area (Å²) in [7, 11) is 0. The van der Waals surface area contributed by atoms with Gasteiger partial charge in [-0.1, -0.05) is 45.4 Å². The van der Waals surface area contributed by atoms with Crippen molar-refractivity contribution in [1.82, 2.24) is 20.6 Å². The lowest BCUT2D eigenvalue weighted by Crippen LogP contribution is -2.43. The highest BCUT2D eigenvalue weighted by atomic mass is 16.5. The third-order valence-corrected chi connectivity index (χ3v) is 4.83. The van der Waals surface area contributed by atoms with Crippen molar-refractivity contribution in [1.29, 1.82) is 0 Å². The topological polar surface area (TPSA) is 131 Å². The highest BCUT2D eigenvalue weighted by Crippen LogP contribution is 2.08. The van der Waals surface area contributed by atoms with E-state index in [4.69, 9.17) is 15.2 Å². The van der Waals surface area contributed by atoms with Crippen LogP contribution in [-0.4, -0.2) is 67.3 Å². The number of unbranched alkanes of at least 4 members (excludes halogenated alkanes) is 6. The van der Waals surface area contributed by atoms with E-state index in [0.29, 0.717) is 52.4 Å². The van der Waals surface area contributed by atoms with Gasteiger partial charge in [-0.25, -0.2) is 4.98 Å². The lowest BCUT2D eigenvalue weighted by molar-refractivity contribution is -0.123. The third-order valence-electron chi connectivity index (χ3n) is 4.83. The molecule has 0 saturated heterocycles. The number of nitrogens with two attached hydrogens (primary N) is 1. The molecule has 0 fully saturated rings. The van der Waals surface area contributed by atoms with Crippen LogP contribution in [0.5, 0.6) is 0 Å². The van der Waals surface area contributed by atoms with E-state index in [-0.39, 0.29) is 11.8 Å². The lowest BCUT2D eigenvalue weighted by Gasteiger charge is -2.11. The van der Waals surface area contributed by atoms with Crippen LogP contribution in [0.1, 0.15) is 64.0 Å². The van der Waals surface area contributed by atoms with E-state index in [1.54, 1.807) is 12.5 Å². The number of hydrogen-bond donors (Lipinski definition) is 4. The Morgan fingerprint density at radius 3 is 2.29 bits per heavy atom. The second-order valence-corrected chi connectivity index (χ2v) is 7.62. The van der Waals surface area contributed by atoms with E-state index in [1.807, 2.05) is 0 Å². The summed E-state index contributed by atoms with van der Waals surface area (Å²) in [6.07, 6.45) is 12.7. The molecule has 0 unspecified atom stereocenters. The number of nitrogens with zero attached hydrogens (tertiary/aromatic N) is 1. The molecule has 0 aliphatic heterocycles. The number of carbonyl (C=O) groups is 2. The van der Waals surface area contributed by atoms with Gasteiger partial charge in [-0.2, -0.15) is 0 Å². The molecule has 9 heteroatoms. The summed E-state index contributed by atoms with van der Waals surface area (Å²) in [6, 6.07) is -0.621. The Bertz CT molecular complexity index is 568. The van der Waals surface area contributed by atoms with Gasteiger partial charge in [0, 0.05) is 37.8 Å². The van der Waals surface area contributed by atoms with E-state index in [0.717, 1.165) is 18.5 Å². The lowest BCUT2D eigenvalue weighted by atomic mass is 10.1. The number of imidazole rings is 1. The number of nitrogens with one attached hydrogen (secondary N) is 3. The van der Waals surface area contributed by atoms with Gasteiger partial charge in [0.1, 0.15) is 0 Å². The van der Waals surface area contributed by atoms with E-state index in [2.05, 4.69) is 27.5 Å². The van der Waals surface area contributed by atoms with Gasteiger partial charge in [0.05, 0.1) is 38.8 Å². The van der Waals surface area contributed by atoms with Gasteiger partial charge in [0.25, 0.3) is 0 Å². The molecule has 0 radical (unpaired) electrons. The maximum absolute atomic E-state index is 11.9. The van der Waals surface area contributed by atoms with Crippen molar-refractivity contribution < 1.29 is 19.1 Å². The standard InChI is InChI=1S/C22H41N5O4/c1-2-3-4-5-6-7-8-9-21(28)25-10-12-30-14-15-31-13-11-26-22(29)20(23)16-19-17-24-18-27-19/h17-18,20H,2-16,23H2,1H3,(H,24,27)(H,25,28)(H,26,29)/t20-/m0/s1. The second-order valence-electron chi connectivity index (χ2n) is 7.62. The summed E-state index contributed by atoms with van der Waals surface area (Å²) in [5.74, 6) is -0.128. The van der Waals surface area contributed by atoms with Gasteiger partial charge >= 0.3 is 0 Å². The fourth-order valence-corrected chi connectivity index (χ4v) is 3.02. The van der Waals surface area contributed by atoms with Crippen LogP contribution in [0.3, 0.4) is 0 Å². The molecule has 0 aliphatic rings. The Labute approximate surface area is 186 Å². The summed E-state index contributed by atoms with van der Waals surface area (Å²) in [5.41, 5.74) is 6.67. The first-order chi connectivity index (χ1) is 15.1. The zero-order chi connectivity index (χ0) is 22.6. The second kappa shape index (κ2) is 18.8. The summed E-state index contributed by atoms with van der Waals surface area (Å²) >= 11 is 0. The molecule has 31 heavy (non-hydrogen) atoms. The van der Waals surface area contributed by atoms with Crippen LogP contribution in [0, 0.1) is 0 Å². The number of H-pyrrole nitrogens is 1. The Hall–Kier alpha value is -1.97. The fourth-order valence-electron chi connectivity index (χ4n) is 3.02. The quantitative estimate of drug-likeness (QED) is 0.229. The van der Waals surface area contributed by atoms with Crippen molar-refractivity contribution in [2.45, 2.75) is 70.8 Å². The SMILES string of the molecule is CCCCCCCCCC(=O)NCCOCCOCCNC(=O)[C@@H](N)Cc1cnc[nH]1. The highest BCUT2D eigenvalue weighted by molar-refractivity contribution is 5.81. The van der Waals surface area contributed by atoms with E-state index < -0.39 is 6.04 Å². The number of hydrogen-bond acceptors (Lipinski definition) is 6. The van der Waals surface area contributed by atoms with Gasteiger partial charge in [0.15, 0.2) is 0 Å². The normalized spacial score (nSPS) is 11.9. The maximum atomic E-state index is 11.9. The number of aromatic nitrogens is 2. The van der Waals surface area contributed by atoms with Gasteiger partial charge < -0.3 is 30.8 Å². The van der Waals surface area contributed by atoms with Crippen LogP contribution in [0.2, 0.25) is 0 Å². The summed E-state index contributed by atoms with van der Waals surface area (Å²) in [4.78, 5) is 30.4. The number of rotatable bonds is 20. The van der Waals surface area contributed by atoms with Crippen LogP contribution in [-0.2, 0) is 25.5 Å². The first kappa shape index (κ1) is 27.1. The molecule has 178 valence electrons. The van der Waals surface area contributed by atoms with E-state index in [1.165, 1.54) is 32.1 Å². The first-order valence-electron chi connectivity index (χ1n) is 11.6. The molecule has 2 amide bonds. The molecule has 9 nitrogen and oxygen atoms in total. The van der Waals surface area contributed by atoms with Crippen molar-refractivity contribution in [2.24, 2.45) is 5.73 Å². The molecule has 0 aromatic carbocycles. The molecular formula is C22H41N5O4. The van der Waals surface area contributed by atoms with E-state index in [9.17, 15) is 9.59 Å². The van der Waals surface area contributed by atoms with Crippen LogP contribution in [0.25, 0.3) is 0 Å². The van der Waals surface area contributed by atoms with Gasteiger partial charge in [-0.15, -0.1) is 0 Å². The molecular weight excluding hydrogens is 398 g/mol. The Morgan fingerprint density at radius 1 is 1.00 bits per heavy atom. The third kappa shape index (κ3) is 15.5. The first-order valence-corrected chi connectivity index (χ1v) is 11.6. The Kier molecular flexibility index (Phi) is 16.4. The molecule has 0 saturated carbocycles. The van der Waals surface area contributed by atoms with Crippen molar-refractivity contribution in [3.63, 3.8) is 0 Å². The summed E-state index contributed by atoms with van der Waals surface area (Å²) < 4.78 is 10.8. The van der Waals surface area contributed by atoms with Gasteiger partial charge in [-0.05, 0) is 6.42 Å². The molecule has 1 aromatic heterocycles. The van der Waals surface area contributed by atoms with E-state index >= 15 is 0 Å². The largest absolute Gasteiger partial charge is 0.377 e. The van der Waals surface area contributed by atoms with Crippen molar-refractivity contribution >= 4 is 11.8 Å². The van der Waals surface area contributed by atoms with Gasteiger partial charge in [0.2, 0.25) is 11.8 Å². The molecule has 0 spiro atoms. The monoisotopic (exact) mass is 439 g/mol. The molecule has 5 N–H and O–H groups in total. The summed E-state index contributed by atoms with van der Waals surface area (Å²) in [5, 5.41) is 5.61. The fraction of sp³-hybridized carbons (Fsp3) is 0.773. The molecule has 0 bridgehead atoms. The molecule has 1 heterocycles. The number of aromatic amines is 1. The number of amides is 2. The number of ether oxygens (including phenoxy) is 2. The zero-order valence-corrected chi connectivity index (χ0v) is 19.0. The highest BCUT2D eigenvalue weighted by Gasteiger charge is 2.13. The van der Waals surface area contributed by atoms with Gasteiger partial charge in [-0.3, -0.25) is 9.59 Å².